The van der Waals surface area contributed by atoms with Gasteiger partial charge in [-0.15, -0.1) is 0 Å². The second kappa shape index (κ2) is 20.6. The molecule has 6 rings (SSSR count). The Balaban J connectivity index is 0.000000241. The highest BCUT2D eigenvalue weighted by Crippen LogP contribution is 2.47. The lowest BCUT2D eigenvalue weighted by Crippen LogP contribution is -2.42. The number of allylic oxidation sites excluding steroid dienone is 6. The van der Waals surface area contributed by atoms with Crippen LogP contribution in [-0.2, 0) is 34.7 Å². The molecule has 1 N–H and O–H groups in total. The summed E-state index contributed by atoms with van der Waals surface area (Å²) in [6.45, 7) is 24.6. The highest BCUT2D eigenvalue weighted by molar-refractivity contribution is 6.32. The number of aliphatic carboxylic acids is 1. The van der Waals surface area contributed by atoms with Gasteiger partial charge in [0.1, 0.15) is 0 Å². The molecular formula is C54H72Cl2N2O6. The predicted molar refractivity (Wildman–Crippen MR) is 261 cm³/mol. The number of halogens is 2. The number of benzene rings is 2. The van der Waals surface area contributed by atoms with Gasteiger partial charge in [-0.05, 0) is 125 Å². The second-order valence-electron chi connectivity index (χ2n) is 21.0. The molecule has 0 aromatic heterocycles. The summed E-state index contributed by atoms with van der Waals surface area (Å²) in [5.41, 5.74) is 9.01. The van der Waals surface area contributed by atoms with Gasteiger partial charge in [0.25, 0.3) is 0 Å². The highest BCUT2D eigenvalue weighted by Gasteiger charge is 2.42. The SMILES string of the molecule is CC(C)C1=CN(CCC(=O)O)C(=O)C[C@]1(C)c1ccc(C2=CCC(C)(C)CC2)c(Cl)c1.CCOC(=O)CCN1C=C(C(C)C)[C@@](C)(c2ccc(C3=CCC(C)(C)CC3)c(Cl)c2)CC1=O. The fraction of sp³-hybridized carbons (Fsp3) is 0.556. The molecule has 0 unspecified atom stereocenters. The molecule has 2 aliphatic heterocycles. The number of nitrogens with zero attached hydrogens (tertiary/aromatic N) is 2. The van der Waals surface area contributed by atoms with Crippen molar-refractivity contribution in [1.82, 2.24) is 9.80 Å². The van der Waals surface area contributed by atoms with Crippen LogP contribution in [-0.4, -0.2) is 58.4 Å². The molecule has 0 saturated carbocycles. The van der Waals surface area contributed by atoms with Crippen LogP contribution in [0.25, 0.3) is 11.1 Å². The van der Waals surface area contributed by atoms with Crippen LogP contribution in [0, 0.1) is 22.7 Å². The predicted octanol–water partition coefficient (Wildman–Crippen LogP) is 13.4. The summed E-state index contributed by atoms with van der Waals surface area (Å²) in [5, 5.41) is 10.5. The molecule has 0 bridgehead atoms. The number of hydrogen-bond donors (Lipinski definition) is 1. The van der Waals surface area contributed by atoms with Crippen molar-refractivity contribution in [3.63, 3.8) is 0 Å². The molecule has 2 amide bonds. The molecule has 0 spiro atoms. The van der Waals surface area contributed by atoms with Crippen LogP contribution in [0.15, 0.2) is 72.1 Å². The summed E-state index contributed by atoms with van der Waals surface area (Å²) in [7, 11) is 0. The zero-order valence-corrected chi connectivity index (χ0v) is 41.8. The number of hydrogen-bond acceptors (Lipinski definition) is 5. The average Bonchev–Trinajstić information content (AvgIpc) is 3.20. The number of amides is 2. The summed E-state index contributed by atoms with van der Waals surface area (Å²) in [5.74, 6) is -0.749. The Labute approximate surface area is 393 Å². The lowest BCUT2D eigenvalue weighted by molar-refractivity contribution is -0.144. The highest BCUT2D eigenvalue weighted by atomic mass is 35.5. The van der Waals surface area contributed by atoms with Gasteiger partial charge in [0.15, 0.2) is 0 Å². The molecule has 0 saturated heterocycles. The Kier molecular flexibility index (Phi) is 16.3. The standard InChI is InChI=1S/C28H38ClNO3.C26H34ClNO3/c1-7-33-26(32)12-15-30-18-23(19(2)3)28(6,17-25(30)31)21-8-9-22(24(29)16-21)20-10-13-27(4,5)14-11-20;1-17(2)21-16-28(13-10-24(30)31)23(29)15-26(21,5)19-6-7-20(22(27)14-19)18-8-11-25(3,4)12-9-18/h8-10,16,18-19H,7,11-15,17H2,1-6H3;6-8,14,16-17H,9-13,15H2,1-5H3,(H,30,31)/t28-;26-/m11/s1. The van der Waals surface area contributed by atoms with E-state index in [4.69, 9.17) is 33.0 Å². The van der Waals surface area contributed by atoms with E-state index in [-0.39, 0.29) is 49.0 Å². The van der Waals surface area contributed by atoms with Crippen molar-refractivity contribution >= 4 is 58.1 Å². The Morgan fingerprint density at radius 3 is 1.42 bits per heavy atom. The number of esters is 1. The maximum atomic E-state index is 13.1. The molecule has 2 heterocycles. The zero-order chi connectivity index (χ0) is 47.4. The van der Waals surface area contributed by atoms with E-state index >= 15 is 0 Å². The number of carboxylic acid groups (broad SMARTS) is 1. The molecule has 8 nitrogen and oxygen atoms in total. The van der Waals surface area contributed by atoms with Crippen LogP contribution in [0.1, 0.15) is 163 Å². The smallest absolute Gasteiger partial charge is 0.307 e. The van der Waals surface area contributed by atoms with Crippen LogP contribution >= 0.6 is 23.2 Å². The van der Waals surface area contributed by atoms with Crippen LogP contribution in [0.5, 0.6) is 0 Å². The van der Waals surface area contributed by atoms with E-state index in [1.54, 1.807) is 16.7 Å². The van der Waals surface area contributed by atoms with Crippen molar-refractivity contribution < 1.29 is 29.0 Å². The molecule has 2 aromatic carbocycles. The van der Waals surface area contributed by atoms with E-state index in [1.165, 1.54) is 16.7 Å². The third-order valence-corrected chi connectivity index (χ3v) is 14.7. The van der Waals surface area contributed by atoms with Gasteiger partial charge in [0.2, 0.25) is 11.8 Å². The molecule has 64 heavy (non-hydrogen) atoms. The fourth-order valence-corrected chi connectivity index (χ4v) is 10.4. The van der Waals surface area contributed by atoms with Crippen LogP contribution in [0.4, 0.5) is 0 Å². The van der Waals surface area contributed by atoms with E-state index in [0.717, 1.165) is 76.4 Å². The maximum Gasteiger partial charge on any atom is 0.307 e. The fourth-order valence-electron chi connectivity index (χ4n) is 9.81. The van der Waals surface area contributed by atoms with Crippen molar-refractivity contribution in [2.45, 2.75) is 151 Å². The summed E-state index contributed by atoms with van der Waals surface area (Å²) >= 11 is 13.6. The monoisotopic (exact) mass is 914 g/mol. The Morgan fingerprint density at radius 1 is 0.688 bits per heavy atom. The Morgan fingerprint density at radius 2 is 1.09 bits per heavy atom. The van der Waals surface area contributed by atoms with Gasteiger partial charge in [0, 0.05) is 59.2 Å². The zero-order valence-electron chi connectivity index (χ0n) is 40.3. The maximum absolute atomic E-state index is 13.1. The minimum Gasteiger partial charge on any atom is -0.481 e. The summed E-state index contributed by atoms with van der Waals surface area (Å²) in [6.07, 6.45) is 15.8. The molecule has 0 fully saturated rings. The van der Waals surface area contributed by atoms with Crippen molar-refractivity contribution in [2.24, 2.45) is 22.7 Å². The van der Waals surface area contributed by atoms with Crippen LogP contribution in [0.2, 0.25) is 10.0 Å². The normalized spacial score (nSPS) is 23.2. The number of carbonyl (C=O) groups is 4. The minimum absolute atomic E-state index is 0.0172. The van der Waals surface area contributed by atoms with Gasteiger partial charge in [-0.3, -0.25) is 19.2 Å². The van der Waals surface area contributed by atoms with Crippen molar-refractivity contribution in [1.29, 1.82) is 0 Å². The van der Waals surface area contributed by atoms with Gasteiger partial charge in [-0.25, -0.2) is 0 Å². The molecule has 4 aliphatic rings. The van der Waals surface area contributed by atoms with Gasteiger partial charge in [0.05, 0.1) is 19.4 Å². The molecule has 2 aromatic rings. The second-order valence-corrected chi connectivity index (χ2v) is 21.8. The number of ether oxygens (including phenoxy) is 1. The lowest BCUT2D eigenvalue weighted by Gasteiger charge is -2.41. The van der Waals surface area contributed by atoms with Gasteiger partial charge in [-0.2, -0.15) is 0 Å². The first-order valence-corrected chi connectivity index (χ1v) is 24.0. The summed E-state index contributed by atoms with van der Waals surface area (Å²) in [6, 6.07) is 12.6. The Bertz CT molecular complexity index is 2230. The average molecular weight is 916 g/mol. The largest absolute Gasteiger partial charge is 0.481 e. The summed E-state index contributed by atoms with van der Waals surface area (Å²) in [4.78, 5) is 51.9. The Hall–Kier alpha value is -4.14. The van der Waals surface area contributed by atoms with Crippen molar-refractivity contribution in [3.05, 3.63) is 104 Å². The van der Waals surface area contributed by atoms with Crippen LogP contribution in [0.3, 0.4) is 0 Å². The molecule has 2 atom stereocenters. The van der Waals surface area contributed by atoms with Gasteiger partial charge < -0.3 is 19.6 Å². The van der Waals surface area contributed by atoms with Crippen LogP contribution < -0.4 is 0 Å². The van der Waals surface area contributed by atoms with Crippen molar-refractivity contribution in [3.8, 4) is 0 Å². The molecule has 348 valence electrons. The number of rotatable bonds is 13. The third kappa shape index (κ3) is 12.0. The number of carboxylic acids is 1. The third-order valence-electron chi connectivity index (χ3n) is 14.0. The molecular weight excluding hydrogens is 844 g/mol. The topological polar surface area (TPSA) is 104 Å². The first-order valence-electron chi connectivity index (χ1n) is 23.3. The van der Waals surface area contributed by atoms with Crippen molar-refractivity contribution in [2.75, 3.05) is 19.7 Å². The van der Waals surface area contributed by atoms with E-state index < -0.39 is 16.8 Å². The first-order chi connectivity index (χ1) is 29.9. The lowest BCUT2D eigenvalue weighted by atomic mass is 9.68. The first kappa shape index (κ1) is 50.9. The molecule has 10 heteroatoms. The van der Waals surface area contributed by atoms with E-state index in [2.05, 4.69) is 112 Å². The van der Waals surface area contributed by atoms with E-state index in [1.807, 2.05) is 18.5 Å². The summed E-state index contributed by atoms with van der Waals surface area (Å²) < 4.78 is 5.02. The van der Waals surface area contributed by atoms with Gasteiger partial charge >= 0.3 is 11.9 Å². The van der Waals surface area contributed by atoms with Gasteiger partial charge in [-0.1, -0.05) is 129 Å². The molecule has 0 radical (unpaired) electrons. The van der Waals surface area contributed by atoms with E-state index in [0.29, 0.717) is 36.8 Å². The minimum atomic E-state index is -0.900. The van der Waals surface area contributed by atoms with E-state index in [9.17, 15) is 19.2 Å². The molecule has 2 aliphatic carbocycles. The quantitative estimate of drug-likeness (QED) is 0.201. The number of carbonyl (C=O) groups excluding carboxylic acids is 3.